The number of benzene rings is 1. The van der Waals surface area contributed by atoms with E-state index in [1.54, 1.807) is 0 Å². The van der Waals surface area contributed by atoms with Gasteiger partial charge in [0.25, 0.3) is 0 Å². The fourth-order valence-corrected chi connectivity index (χ4v) is 2.22. The van der Waals surface area contributed by atoms with Gasteiger partial charge < -0.3 is 16.2 Å². The quantitative estimate of drug-likeness (QED) is 0.710. The van der Waals surface area contributed by atoms with E-state index >= 15 is 0 Å². The van der Waals surface area contributed by atoms with Crippen LogP contribution in [0.25, 0.3) is 6.08 Å². The number of hydrogen-bond donors (Lipinski definition) is 2. The molecule has 17 heavy (non-hydrogen) atoms. The van der Waals surface area contributed by atoms with Gasteiger partial charge in [0, 0.05) is 29.0 Å². The fraction of sp³-hybridized carbons (Fsp3) is 0.143. The maximum atomic E-state index is 5.98. The van der Waals surface area contributed by atoms with Gasteiger partial charge in [0.1, 0.15) is 11.9 Å². The molecule has 0 spiro atoms. The summed E-state index contributed by atoms with van der Waals surface area (Å²) in [4.78, 5) is 0. The second-order valence-electron chi connectivity index (χ2n) is 4.31. The summed E-state index contributed by atoms with van der Waals surface area (Å²) in [5.74, 6) is 0.881. The standard InChI is InChI=1S/C14H14N2O/c15-10-7-12(16)11-6-5-9-3-1-2-4-13(9)17-14(11)8-10/h1-7,14H,8,15-16H2. The third-order valence-corrected chi connectivity index (χ3v) is 3.07. The van der Waals surface area contributed by atoms with Crippen molar-refractivity contribution in [2.24, 2.45) is 11.5 Å². The summed E-state index contributed by atoms with van der Waals surface area (Å²) in [5.41, 5.74) is 15.4. The molecule has 3 heteroatoms. The van der Waals surface area contributed by atoms with E-state index in [2.05, 4.69) is 0 Å². The molecule has 1 unspecified atom stereocenters. The highest BCUT2D eigenvalue weighted by atomic mass is 16.5. The number of fused-ring (bicyclic) bond motifs is 2. The molecule has 0 radical (unpaired) electrons. The Bertz CT molecular complexity index is 555. The number of rotatable bonds is 0. The minimum atomic E-state index is -0.0695. The first kappa shape index (κ1) is 10.0. The summed E-state index contributed by atoms with van der Waals surface area (Å²) in [6, 6.07) is 7.95. The van der Waals surface area contributed by atoms with Gasteiger partial charge in [-0.25, -0.2) is 0 Å². The Labute approximate surface area is 100 Å². The van der Waals surface area contributed by atoms with Crippen molar-refractivity contribution in [3.63, 3.8) is 0 Å². The van der Waals surface area contributed by atoms with Crippen molar-refractivity contribution < 1.29 is 4.74 Å². The first-order valence-electron chi connectivity index (χ1n) is 5.63. The third kappa shape index (κ3) is 1.69. The van der Waals surface area contributed by atoms with E-state index in [0.29, 0.717) is 12.1 Å². The number of para-hydroxylation sites is 1. The zero-order valence-corrected chi connectivity index (χ0v) is 9.39. The second-order valence-corrected chi connectivity index (χ2v) is 4.31. The molecule has 1 aromatic rings. The normalized spacial score (nSPS) is 22.1. The average Bonchev–Trinajstić information content (AvgIpc) is 2.47. The van der Waals surface area contributed by atoms with Crippen LogP contribution >= 0.6 is 0 Å². The molecule has 0 saturated carbocycles. The summed E-state index contributed by atoms with van der Waals surface area (Å²) in [7, 11) is 0. The molecule has 0 aromatic heterocycles. The maximum Gasteiger partial charge on any atom is 0.131 e. The SMILES string of the molecule is NC1=CC(N)=C2C=Cc3ccccc3OC2C1. The highest BCUT2D eigenvalue weighted by Crippen LogP contribution is 2.32. The Balaban J connectivity index is 2.08. The summed E-state index contributed by atoms with van der Waals surface area (Å²) >= 11 is 0. The molecule has 2 aliphatic rings. The first-order chi connectivity index (χ1) is 8.24. The summed E-state index contributed by atoms with van der Waals surface area (Å²) < 4.78 is 5.98. The van der Waals surface area contributed by atoms with Crippen LogP contribution in [0.15, 0.2) is 53.4 Å². The Kier molecular flexibility index (Phi) is 2.18. The van der Waals surface area contributed by atoms with Crippen LogP contribution < -0.4 is 16.2 Å². The number of hydrogen-bond acceptors (Lipinski definition) is 3. The van der Waals surface area contributed by atoms with Crippen LogP contribution in [0.5, 0.6) is 5.75 Å². The van der Waals surface area contributed by atoms with Crippen LogP contribution in [-0.2, 0) is 0 Å². The summed E-state index contributed by atoms with van der Waals surface area (Å²) in [5, 5.41) is 0. The molecule has 1 aliphatic carbocycles. The molecule has 0 amide bonds. The van der Waals surface area contributed by atoms with Gasteiger partial charge in [-0.2, -0.15) is 0 Å². The van der Waals surface area contributed by atoms with E-state index in [-0.39, 0.29) is 6.10 Å². The zero-order valence-electron chi connectivity index (χ0n) is 9.39. The Morgan fingerprint density at radius 2 is 1.94 bits per heavy atom. The molecule has 1 aliphatic heterocycles. The van der Waals surface area contributed by atoms with Gasteiger partial charge in [-0.15, -0.1) is 0 Å². The van der Waals surface area contributed by atoms with Crippen molar-refractivity contribution in [2.45, 2.75) is 12.5 Å². The van der Waals surface area contributed by atoms with Crippen LogP contribution in [0, 0.1) is 0 Å². The second kappa shape index (κ2) is 3.70. The maximum absolute atomic E-state index is 5.98. The topological polar surface area (TPSA) is 61.3 Å². The van der Waals surface area contributed by atoms with Crippen LogP contribution in [0.3, 0.4) is 0 Å². The largest absolute Gasteiger partial charge is 0.485 e. The lowest BCUT2D eigenvalue weighted by Crippen LogP contribution is -2.27. The molecule has 1 atom stereocenters. The monoisotopic (exact) mass is 226 g/mol. The van der Waals surface area contributed by atoms with Crippen LogP contribution in [0.2, 0.25) is 0 Å². The first-order valence-corrected chi connectivity index (χ1v) is 5.63. The van der Waals surface area contributed by atoms with Crippen molar-refractivity contribution in [3.05, 3.63) is 58.9 Å². The van der Waals surface area contributed by atoms with Crippen LogP contribution in [-0.4, -0.2) is 6.10 Å². The molecule has 0 fully saturated rings. The molecule has 4 N–H and O–H groups in total. The molecule has 0 saturated heterocycles. The van der Waals surface area contributed by atoms with Gasteiger partial charge in [-0.05, 0) is 12.1 Å². The van der Waals surface area contributed by atoms with E-state index in [4.69, 9.17) is 16.2 Å². The van der Waals surface area contributed by atoms with E-state index in [9.17, 15) is 0 Å². The number of ether oxygens (including phenoxy) is 1. The summed E-state index contributed by atoms with van der Waals surface area (Å²) in [6.07, 6.45) is 6.49. The fourth-order valence-electron chi connectivity index (χ4n) is 2.22. The van der Waals surface area contributed by atoms with E-state index in [1.807, 2.05) is 42.5 Å². The lowest BCUT2D eigenvalue weighted by molar-refractivity contribution is 0.238. The van der Waals surface area contributed by atoms with E-state index in [1.165, 1.54) is 0 Å². The minimum Gasteiger partial charge on any atom is -0.485 e. The van der Waals surface area contributed by atoms with Gasteiger partial charge in [0.2, 0.25) is 0 Å². The smallest absolute Gasteiger partial charge is 0.131 e. The number of allylic oxidation sites excluding steroid dienone is 1. The van der Waals surface area contributed by atoms with Gasteiger partial charge >= 0.3 is 0 Å². The molecule has 1 heterocycles. The third-order valence-electron chi connectivity index (χ3n) is 3.07. The van der Waals surface area contributed by atoms with E-state index < -0.39 is 0 Å². The van der Waals surface area contributed by atoms with Gasteiger partial charge in [0.15, 0.2) is 0 Å². The van der Waals surface area contributed by atoms with Crippen LogP contribution in [0.1, 0.15) is 12.0 Å². The highest BCUT2D eigenvalue weighted by molar-refractivity contribution is 5.63. The average molecular weight is 226 g/mol. The van der Waals surface area contributed by atoms with Crippen molar-refractivity contribution in [2.75, 3.05) is 0 Å². The highest BCUT2D eigenvalue weighted by Gasteiger charge is 2.24. The lowest BCUT2D eigenvalue weighted by Gasteiger charge is -2.24. The Hall–Kier alpha value is -2.16. The molecule has 1 aromatic carbocycles. The van der Waals surface area contributed by atoms with Gasteiger partial charge in [0.05, 0.1) is 0 Å². The zero-order chi connectivity index (χ0) is 11.8. The Morgan fingerprint density at radius 3 is 2.82 bits per heavy atom. The molecule has 3 rings (SSSR count). The minimum absolute atomic E-state index is 0.0695. The lowest BCUT2D eigenvalue weighted by atomic mass is 9.97. The van der Waals surface area contributed by atoms with Crippen LogP contribution in [0.4, 0.5) is 0 Å². The van der Waals surface area contributed by atoms with Crippen molar-refractivity contribution in [1.82, 2.24) is 0 Å². The van der Waals surface area contributed by atoms with Gasteiger partial charge in [-0.1, -0.05) is 30.4 Å². The molecular weight excluding hydrogens is 212 g/mol. The number of nitrogens with two attached hydrogens (primary N) is 2. The molecule has 3 nitrogen and oxygen atoms in total. The molecule has 86 valence electrons. The van der Waals surface area contributed by atoms with E-state index in [0.717, 1.165) is 22.6 Å². The molecular formula is C14H14N2O. The van der Waals surface area contributed by atoms with Crippen molar-refractivity contribution in [3.8, 4) is 5.75 Å². The van der Waals surface area contributed by atoms with Gasteiger partial charge in [-0.3, -0.25) is 0 Å². The predicted octanol–water partition coefficient (Wildman–Crippen LogP) is 1.92. The predicted molar refractivity (Wildman–Crippen MR) is 68.0 cm³/mol. The molecule has 0 bridgehead atoms. The van der Waals surface area contributed by atoms with Crippen molar-refractivity contribution >= 4 is 6.08 Å². The Morgan fingerprint density at radius 1 is 1.12 bits per heavy atom. The summed E-state index contributed by atoms with van der Waals surface area (Å²) in [6.45, 7) is 0. The van der Waals surface area contributed by atoms with Crippen molar-refractivity contribution in [1.29, 1.82) is 0 Å².